The molecule has 0 saturated heterocycles. The molecule has 3 nitrogen and oxygen atoms in total. The zero-order valence-electron chi connectivity index (χ0n) is 6.45. The minimum atomic E-state index is 0. The van der Waals surface area contributed by atoms with Gasteiger partial charge in [0.05, 0.1) is 11.7 Å². The van der Waals surface area contributed by atoms with Gasteiger partial charge in [-0.15, -0.1) is 12.4 Å². The number of hydrogen-bond donors (Lipinski definition) is 2. The van der Waals surface area contributed by atoms with Crippen molar-refractivity contribution in [2.45, 2.75) is 6.54 Å². The monoisotopic (exact) mass is 183 g/mol. The van der Waals surface area contributed by atoms with E-state index >= 15 is 0 Å². The minimum Gasteiger partial charge on any atom is -0.326 e. The van der Waals surface area contributed by atoms with Crippen molar-refractivity contribution in [3.05, 3.63) is 30.0 Å². The Hall–Kier alpha value is -1.06. The van der Waals surface area contributed by atoms with Crippen molar-refractivity contribution in [3.63, 3.8) is 0 Å². The largest absolute Gasteiger partial charge is 0.326 e. The van der Waals surface area contributed by atoms with Crippen LogP contribution in [0.4, 0.5) is 0 Å². The van der Waals surface area contributed by atoms with E-state index in [9.17, 15) is 0 Å². The van der Waals surface area contributed by atoms with Crippen molar-refractivity contribution in [3.8, 4) is 0 Å². The summed E-state index contributed by atoms with van der Waals surface area (Å²) in [5.41, 5.74) is 7.67. The molecule has 0 unspecified atom stereocenters. The van der Waals surface area contributed by atoms with Crippen LogP contribution in [0.5, 0.6) is 0 Å². The number of nitrogens with one attached hydrogen (secondary N) is 1. The lowest BCUT2D eigenvalue weighted by molar-refractivity contribution is 1.07. The lowest BCUT2D eigenvalue weighted by Crippen LogP contribution is -1.94. The zero-order valence-corrected chi connectivity index (χ0v) is 7.27. The van der Waals surface area contributed by atoms with E-state index in [1.165, 1.54) is 0 Å². The molecule has 0 aliphatic heterocycles. The fourth-order valence-electron chi connectivity index (χ4n) is 1.12. The summed E-state index contributed by atoms with van der Waals surface area (Å²) in [6.07, 6.45) is 1.80. The highest BCUT2D eigenvalue weighted by atomic mass is 35.5. The van der Waals surface area contributed by atoms with Crippen molar-refractivity contribution < 1.29 is 0 Å². The van der Waals surface area contributed by atoms with Gasteiger partial charge in [-0.1, -0.05) is 6.07 Å². The number of halogens is 1. The fraction of sp³-hybridized carbons (Fsp3) is 0.125. The maximum absolute atomic E-state index is 5.48. The molecule has 1 aromatic heterocycles. The Balaban J connectivity index is 0.000000720. The highest BCUT2D eigenvalue weighted by Gasteiger charge is 1.94. The van der Waals surface area contributed by atoms with Crippen molar-refractivity contribution in [2.24, 2.45) is 5.73 Å². The van der Waals surface area contributed by atoms with E-state index in [2.05, 4.69) is 10.2 Å². The topological polar surface area (TPSA) is 54.7 Å². The molecule has 0 fully saturated rings. The van der Waals surface area contributed by atoms with Crippen LogP contribution in [-0.4, -0.2) is 10.2 Å². The molecule has 0 saturated carbocycles. The third kappa shape index (κ3) is 1.42. The quantitative estimate of drug-likeness (QED) is 0.703. The third-order valence-corrected chi connectivity index (χ3v) is 1.74. The first-order valence-electron chi connectivity index (χ1n) is 3.52. The molecule has 4 heteroatoms. The number of hydrogen-bond acceptors (Lipinski definition) is 2. The molecule has 2 rings (SSSR count). The summed E-state index contributed by atoms with van der Waals surface area (Å²) < 4.78 is 0. The van der Waals surface area contributed by atoms with Gasteiger partial charge in [-0.25, -0.2) is 0 Å². The van der Waals surface area contributed by atoms with Crippen molar-refractivity contribution >= 4 is 23.3 Å². The van der Waals surface area contributed by atoms with Crippen LogP contribution >= 0.6 is 12.4 Å². The minimum absolute atomic E-state index is 0. The molecule has 0 bridgehead atoms. The summed E-state index contributed by atoms with van der Waals surface area (Å²) in [4.78, 5) is 0. The molecule has 0 aliphatic carbocycles. The Morgan fingerprint density at radius 2 is 2.25 bits per heavy atom. The first-order valence-corrected chi connectivity index (χ1v) is 3.52. The molecule has 3 N–H and O–H groups in total. The second kappa shape index (κ2) is 3.56. The molecule has 1 heterocycles. The van der Waals surface area contributed by atoms with E-state index in [1.807, 2.05) is 18.2 Å². The van der Waals surface area contributed by atoms with Crippen molar-refractivity contribution in [1.29, 1.82) is 0 Å². The van der Waals surface area contributed by atoms with Crippen LogP contribution in [0.2, 0.25) is 0 Å². The lowest BCUT2D eigenvalue weighted by Gasteiger charge is -1.94. The molecular formula is C8H10ClN3. The zero-order chi connectivity index (χ0) is 7.68. The van der Waals surface area contributed by atoms with Crippen LogP contribution in [0.15, 0.2) is 24.4 Å². The molecule has 2 aromatic rings. The lowest BCUT2D eigenvalue weighted by atomic mass is 10.2. The third-order valence-electron chi connectivity index (χ3n) is 1.74. The molecule has 0 atom stereocenters. The van der Waals surface area contributed by atoms with Gasteiger partial charge >= 0.3 is 0 Å². The summed E-state index contributed by atoms with van der Waals surface area (Å²) in [6.45, 7) is 0.584. The number of nitrogens with two attached hydrogens (primary N) is 1. The Bertz CT molecular complexity index is 369. The van der Waals surface area contributed by atoms with E-state index in [0.29, 0.717) is 6.54 Å². The summed E-state index contributed by atoms with van der Waals surface area (Å²) in [6, 6.07) is 6.03. The molecule has 0 spiro atoms. The average molecular weight is 184 g/mol. The van der Waals surface area contributed by atoms with Gasteiger partial charge in [-0.3, -0.25) is 5.10 Å². The van der Waals surface area contributed by atoms with Gasteiger partial charge in [0.2, 0.25) is 0 Å². The first-order chi connectivity index (χ1) is 5.40. The number of nitrogens with zero attached hydrogens (tertiary/aromatic N) is 1. The van der Waals surface area contributed by atoms with E-state index in [4.69, 9.17) is 5.73 Å². The predicted molar refractivity (Wildman–Crippen MR) is 51.2 cm³/mol. The van der Waals surface area contributed by atoms with Crippen LogP contribution < -0.4 is 5.73 Å². The SMILES string of the molecule is Cl.NCc1ccc2[nH]ncc2c1. The van der Waals surface area contributed by atoms with E-state index in [0.717, 1.165) is 16.5 Å². The maximum atomic E-state index is 5.48. The smallest absolute Gasteiger partial charge is 0.0650 e. The van der Waals surface area contributed by atoms with Gasteiger partial charge in [0.1, 0.15) is 0 Å². The van der Waals surface area contributed by atoms with Crippen molar-refractivity contribution in [2.75, 3.05) is 0 Å². The number of benzene rings is 1. The van der Waals surface area contributed by atoms with Gasteiger partial charge < -0.3 is 5.73 Å². The average Bonchev–Trinajstić information content (AvgIpc) is 2.50. The highest BCUT2D eigenvalue weighted by molar-refractivity contribution is 5.85. The molecule has 1 aromatic carbocycles. The Labute approximate surface area is 76.4 Å². The Morgan fingerprint density at radius 1 is 1.42 bits per heavy atom. The van der Waals surface area contributed by atoms with E-state index in [-0.39, 0.29) is 12.4 Å². The molecule has 0 aliphatic rings. The molecule has 64 valence electrons. The van der Waals surface area contributed by atoms with E-state index in [1.54, 1.807) is 6.20 Å². The first kappa shape index (κ1) is 9.03. The van der Waals surface area contributed by atoms with Gasteiger partial charge in [0.15, 0.2) is 0 Å². The summed E-state index contributed by atoms with van der Waals surface area (Å²) in [5, 5.41) is 7.91. The number of fused-ring (bicyclic) bond motifs is 1. The van der Waals surface area contributed by atoms with Crippen LogP contribution in [0.25, 0.3) is 10.9 Å². The number of rotatable bonds is 1. The Morgan fingerprint density at radius 3 is 3.00 bits per heavy atom. The summed E-state index contributed by atoms with van der Waals surface area (Å²) >= 11 is 0. The standard InChI is InChI=1S/C8H9N3.ClH/c9-4-6-1-2-8-7(3-6)5-10-11-8;/h1-3,5H,4,9H2,(H,10,11);1H. The van der Waals surface area contributed by atoms with Crippen LogP contribution in [0, 0.1) is 0 Å². The van der Waals surface area contributed by atoms with Gasteiger partial charge in [0.25, 0.3) is 0 Å². The fourth-order valence-corrected chi connectivity index (χ4v) is 1.12. The molecule has 12 heavy (non-hydrogen) atoms. The molecular weight excluding hydrogens is 174 g/mol. The normalized spacial score (nSPS) is 9.75. The predicted octanol–water partition coefficient (Wildman–Crippen LogP) is 1.44. The van der Waals surface area contributed by atoms with Gasteiger partial charge in [-0.05, 0) is 17.7 Å². The van der Waals surface area contributed by atoms with Crippen LogP contribution in [-0.2, 0) is 6.54 Å². The van der Waals surface area contributed by atoms with Gasteiger partial charge in [0, 0.05) is 11.9 Å². The van der Waals surface area contributed by atoms with E-state index < -0.39 is 0 Å². The maximum Gasteiger partial charge on any atom is 0.0650 e. The van der Waals surface area contributed by atoms with Crippen LogP contribution in [0.1, 0.15) is 5.56 Å². The second-order valence-electron chi connectivity index (χ2n) is 2.50. The molecule has 0 radical (unpaired) electrons. The second-order valence-corrected chi connectivity index (χ2v) is 2.50. The van der Waals surface area contributed by atoms with Crippen LogP contribution in [0.3, 0.4) is 0 Å². The molecule has 0 amide bonds. The van der Waals surface area contributed by atoms with Crippen molar-refractivity contribution in [1.82, 2.24) is 10.2 Å². The Kier molecular flexibility index (Phi) is 2.68. The number of aromatic amines is 1. The van der Waals surface area contributed by atoms with Gasteiger partial charge in [-0.2, -0.15) is 5.10 Å². The summed E-state index contributed by atoms with van der Waals surface area (Å²) in [7, 11) is 0. The number of aromatic nitrogens is 2. The number of H-pyrrole nitrogens is 1. The summed E-state index contributed by atoms with van der Waals surface area (Å²) in [5.74, 6) is 0. The highest BCUT2D eigenvalue weighted by Crippen LogP contribution is 2.11.